The molecule has 114 valence electrons. The number of hydrogen-bond acceptors (Lipinski definition) is 5. The molecule has 0 aliphatic heterocycles. The maximum atomic E-state index is 5.70. The number of nitrogens with one attached hydrogen (secondary N) is 1. The summed E-state index contributed by atoms with van der Waals surface area (Å²) in [5, 5.41) is 6.47. The largest absolute Gasteiger partial charge is 0.423 e. The molecule has 0 saturated carbocycles. The van der Waals surface area contributed by atoms with Crippen LogP contribution in [0, 0.1) is 0 Å². The molecule has 0 fully saturated rings. The SMILES string of the molecule is CCc1nc(-c2cccc(Nc3nc4ccccc4o3)c2)cs1. The molecule has 2 aromatic carbocycles. The van der Waals surface area contributed by atoms with Crippen LogP contribution in [0.2, 0.25) is 0 Å². The van der Waals surface area contributed by atoms with Gasteiger partial charge in [0, 0.05) is 16.6 Å². The minimum atomic E-state index is 0.496. The zero-order valence-electron chi connectivity index (χ0n) is 12.6. The summed E-state index contributed by atoms with van der Waals surface area (Å²) in [5.41, 5.74) is 4.65. The molecule has 4 aromatic rings. The number of thiazole rings is 1. The van der Waals surface area contributed by atoms with E-state index in [0.29, 0.717) is 6.01 Å². The van der Waals surface area contributed by atoms with Gasteiger partial charge in [-0.15, -0.1) is 11.3 Å². The molecule has 0 atom stereocenters. The number of anilines is 2. The van der Waals surface area contributed by atoms with Gasteiger partial charge in [0.25, 0.3) is 6.01 Å². The molecular formula is C18H15N3OS. The molecular weight excluding hydrogens is 306 g/mol. The molecule has 0 bridgehead atoms. The lowest BCUT2D eigenvalue weighted by atomic mass is 10.1. The van der Waals surface area contributed by atoms with Gasteiger partial charge in [0.1, 0.15) is 5.52 Å². The van der Waals surface area contributed by atoms with Crippen molar-refractivity contribution >= 4 is 34.1 Å². The van der Waals surface area contributed by atoms with E-state index in [2.05, 4.69) is 39.7 Å². The van der Waals surface area contributed by atoms with E-state index in [0.717, 1.165) is 39.5 Å². The molecule has 0 amide bonds. The number of benzene rings is 2. The Bertz CT molecular complexity index is 924. The van der Waals surface area contributed by atoms with Gasteiger partial charge in [-0.2, -0.15) is 4.98 Å². The van der Waals surface area contributed by atoms with Crippen LogP contribution in [-0.2, 0) is 6.42 Å². The van der Waals surface area contributed by atoms with E-state index in [-0.39, 0.29) is 0 Å². The second-order valence-electron chi connectivity index (χ2n) is 5.17. The number of oxazole rings is 1. The van der Waals surface area contributed by atoms with Gasteiger partial charge in [0.15, 0.2) is 5.58 Å². The van der Waals surface area contributed by atoms with Crippen molar-refractivity contribution in [3.8, 4) is 11.3 Å². The first-order chi connectivity index (χ1) is 11.3. The maximum Gasteiger partial charge on any atom is 0.300 e. The molecule has 0 spiro atoms. The molecule has 0 aliphatic carbocycles. The average Bonchev–Trinajstić information content (AvgIpc) is 3.21. The molecule has 5 heteroatoms. The van der Waals surface area contributed by atoms with Gasteiger partial charge < -0.3 is 9.73 Å². The van der Waals surface area contributed by atoms with Gasteiger partial charge >= 0.3 is 0 Å². The Labute approximate surface area is 137 Å². The Morgan fingerprint density at radius 1 is 1.09 bits per heavy atom. The molecule has 23 heavy (non-hydrogen) atoms. The fourth-order valence-corrected chi connectivity index (χ4v) is 3.17. The predicted molar refractivity (Wildman–Crippen MR) is 94.2 cm³/mol. The molecule has 2 aromatic heterocycles. The Morgan fingerprint density at radius 3 is 2.83 bits per heavy atom. The van der Waals surface area contributed by atoms with E-state index in [9.17, 15) is 0 Å². The number of aryl methyl sites for hydroxylation is 1. The highest BCUT2D eigenvalue weighted by molar-refractivity contribution is 7.09. The van der Waals surface area contributed by atoms with Crippen LogP contribution in [0.4, 0.5) is 11.7 Å². The fourth-order valence-electron chi connectivity index (χ4n) is 2.41. The van der Waals surface area contributed by atoms with Crippen molar-refractivity contribution in [3.63, 3.8) is 0 Å². The van der Waals surface area contributed by atoms with E-state index >= 15 is 0 Å². The monoisotopic (exact) mass is 321 g/mol. The van der Waals surface area contributed by atoms with Crippen LogP contribution in [0.1, 0.15) is 11.9 Å². The van der Waals surface area contributed by atoms with Gasteiger partial charge in [-0.3, -0.25) is 0 Å². The first-order valence-corrected chi connectivity index (χ1v) is 8.37. The van der Waals surface area contributed by atoms with Gasteiger partial charge in [-0.25, -0.2) is 4.98 Å². The lowest BCUT2D eigenvalue weighted by Crippen LogP contribution is -1.90. The highest BCUT2D eigenvalue weighted by atomic mass is 32.1. The third-order valence-electron chi connectivity index (χ3n) is 3.56. The normalized spacial score (nSPS) is 11.0. The highest BCUT2D eigenvalue weighted by Crippen LogP contribution is 2.27. The molecule has 0 unspecified atom stereocenters. The van der Waals surface area contributed by atoms with Crippen LogP contribution in [0.5, 0.6) is 0 Å². The summed E-state index contributed by atoms with van der Waals surface area (Å²) >= 11 is 1.69. The number of rotatable bonds is 4. The highest BCUT2D eigenvalue weighted by Gasteiger charge is 2.07. The lowest BCUT2D eigenvalue weighted by Gasteiger charge is -2.03. The van der Waals surface area contributed by atoms with E-state index in [1.807, 2.05) is 36.4 Å². The van der Waals surface area contributed by atoms with E-state index in [4.69, 9.17) is 4.42 Å². The Morgan fingerprint density at radius 2 is 2.00 bits per heavy atom. The molecule has 0 aliphatic rings. The Hall–Kier alpha value is -2.66. The summed E-state index contributed by atoms with van der Waals surface area (Å²) in [5.74, 6) is 0. The molecule has 2 heterocycles. The Kier molecular flexibility index (Phi) is 3.55. The number of fused-ring (bicyclic) bond motifs is 1. The minimum absolute atomic E-state index is 0.496. The summed E-state index contributed by atoms with van der Waals surface area (Å²) in [6, 6.07) is 16.3. The molecule has 1 N–H and O–H groups in total. The van der Waals surface area contributed by atoms with Crippen LogP contribution in [-0.4, -0.2) is 9.97 Å². The number of nitrogens with zero attached hydrogens (tertiary/aromatic N) is 2. The number of para-hydroxylation sites is 2. The van der Waals surface area contributed by atoms with Crippen molar-refractivity contribution < 1.29 is 4.42 Å². The summed E-state index contributed by atoms with van der Waals surface area (Å²) in [4.78, 5) is 9.07. The van der Waals surface area contributed by atoms with Gasteiger partial charge in [0.2, 0.25) is 0 Å². The number of hydrogen-bond donors (Lipinski definition) is 1. The van der Waals surface area contributed by atoms with E-state index in [1.165, 1.54) is 0 Å². The summed E-state index contributed by atoms with van der Waals surface area (Å²) in [6.07, 6.45) is 0.964. The smallest absolute Gasteiger partial charge is 0.300 e. The molecule has 4 nitrogen and oxygen atoms in total. The maximum absolute atomic E-state index is 5.70. The Balaban J connectivity index is 1.63. The lowest BCUT2D eigenvalue weighted by molar-refractivity contribution is 0.623. The summed E-state index contributed by atoms with van der Waals surface area (Å²) in [6.45, 7) is 2.12. The van der Waals surface area contributed by atoms with Crippen molar-refractivity contribution in [1.82, 2.24) is 9.97 Å². The zero-order valence-corrected chi connectivity index (χ0v) is 13.4. The van der Waals surface area contributed by atoms with Crippen LogP contribution in [0.15, 0.2) is 58.3 Å². The topological polar surface area (TPSA) is 51.0 Å². The predicted octanol–water partition coefficient (Wildman–Crippen LogP) is 5.26. The molecule has 0 radical (unpaired) electrons. The second-order valence-corrected chi connectivity index (χ2v) is 6.12. The first-order valence-electron chi connectivity index (χ1n) is 7.49. The first kappa shape index (κ1) is 14.0. The minimum Gasteiger partial charge on any atom is -0.423 e. The third-order valence-corrected chi connectivity index (χ3v) is 4.55. The van der Waals surface area contributed by atoms with Crippen LogP contribution < -0.4 is 5.32 Å². The van der Waals surface area contributed by atoms with Crippen molar-refractivity contribution in [1.29, 1.82) is 0 Å². The van der Waals surface area contributed by atoms with E-state index < -0.39 is 0 Å². The number of aromatic nitrogens is 2. The molecule has 4 rings (SSSR count). The summed E-state index contributed by atoms with van der Waals surface area (Å²) < 4.78 is 5.70. The fraction of sp³-hybridized carbons (Fsp3) is 0.111. The third kappa shape index (κ3) is 2.83. The zero-order chi connectivity index (χ0) is 15.6. The van der Waals surface area contributed by atoms with Crippen molar-refractivity contribution in [2.45, 2.75) is 13.3 Å². The molecule has 0 saturated heterocycles. The van der Waals surface area contributed by atoms with E-state index in [1.54, 1.807) is 11.3 Å². The second kappa shape index (κ2) is 5.85. The van der Waals surface area contributed by atoms with Crippen molar-refractivity contribution in [3.05, 3.63) is 58.9 Å². The van der Waals surface area contributed by atoms with Crippen molar-refractivity contribution in [2.75, 3.05) is 5.32 Å². The quantitative estimate of drug-likeness (QED) is 0.557. The van der Waals surface area contributed by atoms with Crippen molar-refractivity contribution in [2.24, 2.45) is 0 Å². The van der Waals surface area contributed by atoms with Gasteiger partial charge in [-0.05, 0) is 30.7 Å². The standard InChI is InChI=1S/C18H15N3OS/c1-2-17-20-15(11-23-17)12-6-5-7-13(10-12)19-18-21-14-8-3-4-9-16(14)22-18/h3-11H,2H2,1H3,(H,19,21). The van der Waals surface area contributed by atoms with Gasteiger partial charge in [-0.1, -0.05) is 31.2 Å². The van der Waals surface area contributed by atoms with Crippen LogP contribution in [0.3, 0.4) is 0 Å². The van der Waals surface area contributed by atoms with Crippen LogP contribution in [0.25, 0.3) is 22.4 Å². The van der Waals surface area contributed by atoms with Crippen LogP contribution >= 0.6 is 11.3 Å². The summed E-state index contributed by atoms with van der Waals surface area (Å²) in [7, 11) is 0. The van der Waals surface area contributed by atoms with Gasteiger partial charge in [0.05, 0.1) is 10.7 Å². The average molecular weight is 321 g/mol.